The van der Waals surface area contributed by atoms with Gasteiger partial charge in [0.05, 0.1) is 6.54 Å². The van der Waals surface area contributed by atoms with E-state index in [9.17, 15) is 0 Å². The smallest absolute Gasteiger partial charge is 0.147 e. The molecule has 16 heavy (non-hydrogen) atoms. The molecule has 0 spiro atoms. The minimum Gasteiger partial charge on any atom is -0.312 e. The lowest BCUT2D eigenvalue weighted by atomic mass is 9.95. The van der Waals surface area contributed by atoms with Gasteiger partial charge in [-0.25, -0.2) is 9.67 Å². The highest BCUT2D eigenvalue weighted by molar-refractivity contribution is 4.87. The highest BCUT2D eigenvalue weighted by Crippen LogP contribution is 2.17. The van der Waals surface area contributed by atoms with Crippen LogP contribution in [0, 0.1) is 13.8 Å². The quantitative estimate of drug-likeness (QED) is 0.845. The summed E-state index contributed by atoms with van der Waals surface area (Å²) < 4.78 is 1.99. The first kappa shape index (κ1) is 11.6. The summed E-state index contributed by atoms with van der Waals surface area (Å²) >= 11 is 0. The average Bonchev–Trinajstić information content (AvgIpc) is 2.59. The van der Waals surface area contributed by atoms with Crippen LogP contribution in [0.25, 0.3) is 0 Å². The Labute approximate surface area is 97.5 Å². The van der Waals surface area contributed by atoms with Gasteiger partial charge in [-0.1, -0.05) is 19.3 Å². The largest absolute Gasteiger partial charge is 0.312 e. The van der Waals surface area contributed by atoms with E-state index in [-0.39, 0.29) is 0 Å². The van der Waals surface area contributed by atoms with Crippen molar-refractivity contribution in [2.45, 2.75) is 58.5 Å². The normalized spacial score (nSPS) is 17.9. The van der Waals surface area contributed by atoms with Gasteiger partial charge in [0.2, 0.25) is 0 Å². The molecule has 1 N–H and O–H groups in total. The summed E-state index contributed by atoms with van der Waals surface area (Å²) in [4.78, 5) is 4.30. The lowest BCUT2D eigenvalue weighted by Gasteiger charge is -2.22. The maximum absolute atomic E-state index is 4.36. The molecule has 0 bridgehead atoms. The first-order valence-electron chi connectivity index (χ1n) is 6.37. The Kier molecular flexibility index (Phi) is 3.93. The van der Waals surface area contributed by atoms with Crippen molar-refractivity contribution in [1.29, 1.82) is 0 Å². The van der Waals surface area contributed by atoms with E-state index in [0.29, 0.717) is 0 Å². The second kappa shape index (κ2) is 5.43. The van der Waals surface area contributed by atoms with Crippen LogP contribution in [0.4, 0.5) is 0 Å². The Morgan fingerprint density at radius 3 is 2.62 bits per heavy atom. The summed E-state index contributed by atoms with van der Waals surface area (Å²) in [6.45, 7) is 5.90. The predicted octanol–water partition coefficient (Wildman–Crippen LogP) is 1.82. The highest BCUT2D eigenvalue weighted by Gasteiger charge is 2.12. The van der Waals surface area contributed by atoms with Crippen LogP contribution in [-0.4, -0.2) is 27.4 Å². The van der Waals surface area contributed by atoms with Crippen LogP contribution in [0.15, 0.2) is 0 Å². The van der Waals surface area contributed by atoms with Crippen LogP contribution in [0.2, 0.25) is 0 Å². The van der Waals surface area contributed by atoms with Gasteiger partial charge in [0, 0.05) is 12.6 Å². The summed E-state index contributed by atoms with van der Waals surface area (Å²) in [6, 6.07) is 0.735. The molecular weight excluding hydrogens is 200 g/mol. The summed E-state index contributed by atoms with van der Waals surface area (Å²) in [5.74, 6) is 1.89. The van der Waals surface area contributed by atoms with Crippen molar-refractivity contribution in [3.8, 4) is 0 Å². The van der Waals surface area contributed by atoms with E-state index in [1.165, 1.54) is 32.1 Å². The molecule has 1 aliphatic carbocycles. The minimum atomic E-state index is 0.735. The predicted molar refractivity (Wildman–Crippen MR) is 64.4 cm³/mol. The lowest BCUT2D eigenvalue weighted by molar-refractivity contribution is 0.364. The first-order valence-corrected chi connectivity index (χ1v) is 6.37. The molecule has 1 fully saturated rings. The van der Waals surface area contributed by atoms with Crippen LogP contribution in [0.1, 0.15) is 43.8 Å². The number of aromatic nitrogens is 3. The number of nitrogens with zero attached hydrogens (tertiary/aromatic N) is 3. The van der Waals surface area contributed by atoms with Gasteiger partial charge in [0.15, 0.2) is 0 Å². The van der Waals surface area contributed by atoms with Gasteiger partial charge >= 0.3 is 0 Å². The van der Waals surface area contributed by atoms with Gasteiger partial charge < -0.3 is 5.32 Å². The molecule has 1 aliphatic rings. The summed E-state index contributed by atoms with van der Waals surface area (Å²) in [5, 5.41) is 7.98. The maximum Gasteiger partial charge on any atom is 0.147 e. The molecular formula is C12H22N4. The Balaban J connectivity index is 1.73. The van der Waals surface area contributed by atoms with E-state index in [1.54, 1.807) is 0 Å². The van der Waals surface area contributed by atoms with Gasteiger partial charge in [0.1, 0.15) is 11.6 Å². The summed E-state index contributed by atoms with van der Waals surface area (Å²) in [5.41, 5.74) is 0. The molecule has 0 amide bonds. The van der Waals surface area contributed by atoms with E-state index < -0.39 is 0 Å². The van der Waals surface area contributed by atoms with Crippen molar-refractivity contribution in [2.75, 3.05) is 6.54 Å². The third-order valence-corrected chi connectivity index (χ3v) is 3.32. The van der Waals surface area contributed by atoms with E-state index in [1.807, 2.05) is 18.5 Å². The second-order valence-electron chi connectivity index (χ2n) is 4.72. The first-order chi connectivity index (χ1) is 7.75. The Morgan fingerprint density at radius 2 is 2.00 bits per heavy atom. The van der Waals surface area contributed by atoms with Crippen LogP contribution in [0.5, 0.6) is 0 Å². The van der Waals surface area contributed by atoms with E-state index in [0.717, 1.165) is 30.8 Å². The van der Waals surface area contributed by atoms with E-state index in [4.69, 9.17) is 0 Å². The molecule has 0 aliphatic heterocycles. The molecule has 4 nitrogen and oxygen atoms in total. The van der Waals surface area contributed by atoms with Gasteiger partial charge in [-0.3, -0.25) is 0 Å². The molecule has 0 aromatic carbocycles. The molecule has 0 saturated heterocycles. The summed E-state index contributed by atoms with van der Waals surface area (Å²) in [6.07, 6.45) is 6.88. The SMILES string of the molecule is Cc1nc(C)n(CCNC2CCCCC2)n1. The van der Waals surface area contributed by atoms with Crippen LogP contribution >= 0.6 is 0 Å². The molecule has 0 unspecified atom stereocenters. The molecule has 1 aromatic rings. The molecule has 0 radical (unpaired) electrons. The average molecular weight is 222 g/mol. The molecule has 1 saturated carbocycles. The standard InChI is InChI=1S/C12H22N4/c1-10-14-11(2)16(15-10)9-8-13-12-6-4-3-5-7-12/h12-13H,3-9H2,1-2H3. The van der Waals surface area contributed by atoms with Crippen molar-refractivity contribution < 1.29 is 0 Å². The molecule has 2 rings (SSSR count). The van der Waals surface area contributed by atoms with Gasteiger partial charge in [-0.15, -0.1) is 0 Å². The topological polar surface area (TPSA) is 42.7 Å². The Hall–Kier alpha value is -0.900. The number of hydrogen-bond donors (Lipinski definition) is 1. The van der Waals surface area contributed by atoms with Gasteiger partial charge in [-0.2, -0.15) is 5.10 Å². The van der Waals surface area contributed by atoms with Gasteiger partial charge in [0.25, 0.3) is 0 Å². The molecule has 90 valence electrons. The number of hydrogen-bond acceptors (Lipinski definition) is 3. The second-order valence-corrected chi connectivity index (χ2v) is 4.72. The lowest BCUT2D eigenvalue weighted by Crippen LogP contribution is -2.33. The fraction of sp³-hybridized carbons (Fsp3) is 0.833. The zero-order valence-electron chi connectivity index (χ0n) is 10.4. The van der Waals surface area contributed by atoms with Crippen LogP contribution < -0.4 is 5.32 Å². The number of nitrogens with one attached hydrogen (secondary N) is 1. The minimum absolute atomic E-state index is 0.735. The van der Waals surface area contributed by atoms with Crippen molar-refractivity contribution >= 4 is 0 Å². The fourth-order valence-electron chi connectivity index (χ4n) is 2.45. The number of aryl methyl sites for hydroxylation is 2. The summed E-state index contributed by atoms with van der Waals surface area (Å²) in [7, 11) is 0. The zero-order valence-corrected chi connectivity index (χ0v) is 10.4. The number of rotatable bonds is 4. The van der Waals surface area contributed by atoms with Crippen molar-refractivity contribution in [1.82, 2.24) is 20.1 Å². The van der Waals surface area contributed by atoms with Crippen LogP contribution in [-0.2, 0) is 6.54 Å². The zero-order chi connectivity index (χ0) is 11.4. The van der Waals surface area contributed by atoms with Crippen molar-refractivity contribution in [3.05, 3.63) is 11.6 Å². The third kappa shape index (κ3) is 3.04. The van der Waals surface area contributed by atoms with Crippen LogP contribution in [0.3, 0.4) is 0 Å². The van der Waals surface area contributed by atoms with E-state index >= 15 is 0 Å². The molecule has 0 atom stereocenters. The Morgan fingerprint density at radius 1 is 1.25 bits per heavy atom. The molecule has 1 heterocycles. The monoisotopic (exact) mass is 222 g/mol. The van der Waals surface area contributed by atoms with Crippen molar-refractivity contribution in [3.63, 3.8) is 0 Å². The van der Waals surface area contributed by atoms with Gasteiger partial charge in [-0.05, 0) is 26.7 Å². The molecule has 4 heteroatoms. The Bertz CT molecular complexity index is 326. The van der Waals surface area contributed by atoms with Crippen molar-refractivity contribution in [2.24, 2.45) is 0 Å². The third-order valence-electron chi connectivity index (χ3n) is 3.32. The maximum atomic E-state index is 4.36. The highest BCUT2D eigenvalue weighted by atomic mass is 15.3. The fourth-order valence-corrected chi connectivity index (χ4v) is 2.45. The molecule has 1 aromatic heterocycles. The van der Waals surface area contributed by atoms with E-state index in [2.05, 4.69) is 15.4 Å².